The summed E-state index contributed by atoms with van der Waals surface area (Å²) in [5, 5.41) is 9.89. The molecule has 35 heavy (non-hydrogen) atoms. The molecule has 0 spiro atoms. The first-order valence-electron chi connectivity index (χ1n) is 10.4. The van der Waals surface area contributed by atoms with Gasteiger partial charge in [-0.15, -0.1) is 0 Å². The minimum Gasteiger partial charge on any atom is -0.481 e. The molecular formula is C24H20N4O7. The number of hydrogen-bond donors (Lipinski definition) is 3. The SMILES string of the molecule is Cc1oc2c(c1C(=O)Oc1cccc(/C(N)=C/N(N)CCC(=O)O)c1)C(=O)c1ncccc1C2=O. The van der Waals surface area contributed by atoms with Gasteiger partial charge in [0, 0.05) is 24.5 Å². The van der Waals surface area contributed by atoms with Gasteiger partial charge in [-0.1, -0.05) is 12.1 Å². The molecule has 2 heterocycles. The number of carboxylic acids is 1. The second-order valence-electron chi connectivity index (χ2n) is 7.68. The Morgan fingerprint density at radius 1 is 1.20 bits per heavy atom. The highest BCUT2D eigenvalue weighted by molar-refractivity contribution is 6.29. The summed E-state index contributed by atoms with van der Waals surface area (Å²) in [5.41, 5.74) is 6.39. The van der Waals surface area contributed by atoms with Gasteiger partial charge in [0.2, 0.25) is 11.6 Å². The lowest BCUT2D eigenvalue weighted by Crippen LogP contribution is -2.28. The first kappa shape index (κ1) is 23.4. The number of esters is 1. The number of ether oxygens (including phenoxy) is 1. The molecule has 3 aromatic rings. The predicted molar refractivity (Wildman–Crippen MR) is 121 cm³/mol. The van der Waals surface area contributed by atoms with E-state index in [1.807, 2.05) is 0 Å². The predicted octanol–water partition coefficient (Wildman–Crippen LogP) is 1.89. The van der Waals surface area contributed by atoms with Gasteiger partial charge in [0.1, 0.15) is 22.8 Å². The lowest BCUT2D eigenvalue weighted by molar-refractivity contribution is -0.137. The van der Waals surface area contributed by atoms with Gasteiger partial charge in [0.15, 0.2) is 5.76 Å². The number of benzene rings is 1. The molecule has 11 nitrogen and oxygen atoms in total. The van der Waals surface area contributed by atoms with E-state index in [2.05, 4.69) is 4.98 Å². The normalized spacial score (nSPS) is 12.7. The van der Waals surface area contributed by atoms with Gasteiger partial charge in [-0.05, 0) is 31.2 Å². The smallest absolute Gasteiger partial charge is 0.347 e. The number of aryl methyl sites for hydroxylation is 1. The molecule has 0 unspecified atom stereocenters. The molecule has 0 radical (unpaired) electrons. The van der Waals surface area contributed by atoms with E-state index in [-0.39, 0.29) is 58.3 Å². The molecule has 0 saturated heterocycles. The van der Waals surface area contributed by atoms with Gasteiger partial charge in [-0.3, -0.25) is 19.4 Å². The Balaban J connectivity index is 1.59. The molecule has 0 fully saturated rings. The second-order valence-corrected chi connectivity index (χ2v) is 7.68. The number of fused-ring (bicyclic) bond motifs is 2. The molecule has 1 aromatic carbocycles. The quantitative estimate of drug-likeness (QED) is 0.153. The van der Waals surface area contributed by atoms with Crippen LogP contribution in [0.2, 0.25) is 0 Å². The fourth-order valence-electron chi connectivity index (χ4n) is 3.62. The summed E-state index contributed by atoms with van der Waals surface area (Å²) >= 11 is 0. The molecule has 2 aromatic heterocycles. The van der Waals surface area contributed by atoms with Gasteiger partial charge in [0.25, 0.3) is 0 Å². The Kier molecular flexibility index (Phi) is 6.17. The Morgan fingerprint density at radius 2 is 1.97 bits per heavy atom. The summed E-state index contributed by atoms with van der Waals surface area (Å²) < 4.78 is 11.0. The maximum atomic E-state index is 13.0. The fraction of sp³-hybridized carbons (Fsp3) is 0.125. The van der Waals surface area contributed by atoms with Crippen molar-refractivity contribution in [2.75, 3.05) is 6.54 Å². The van der Waals surface area contributed by atoms with Crippen molar-refractivity contribution in [3.8, 4) is 5.75 Å². The van der Waals surface area contributed by atoms with Crippen LogP contribution in [-0.2, 0) is 4.79 Å². The van der Waals surface area contributed by atoms with Crippen LogP contribution >= 0.6 is 0 Å². The lowest BCUT2D eigenvalue weighted by Gasteiger charge is -2.14. The van der Waals surface area contributed by atoms with E-state index in [0.29, 0.717) is 5.56 Å². The van der Waals surface area contributed by atoms with Crippen molar-refractivity contribution in [1.29, 1.82) is 0 Å². The van der Waals surface area contributed by atoms with Crippen molar-refractivity contribution in [3.05, 3.63) is 88.3 Å². The topological polar surface area (TPSA) is 179 Å². The maximum absolute atomic E-state index is 13.0. The van der Waals surface area contributed by atoms with E-state index in [1.54, 1.807) is 12.1 Å². The van der Waals surface area contributed by atoms with Crippen LogP contribution in [0.25, 0.3) is 5.70 Å². The number of rotatable bonds is 7. The Hall–Kier alpha value is -4.77. The number of furan rings is 1. The highest BCUT2D eigenvalue weighted by atomic mass is 16.5. The van der Waals surface area contributed by atoms with Crippen LogP contribution in [0, 0.1) is 6.92 Å². The minimum atomic E-state index is -1.00. The van der Waals surface area contributed by atoms with E-state index in [1.165, 1.54) is 43.6 Å². The van der Waals surface area contributed by atoms with Crippen molar-refractivity contribution in [2.24, 2.45) is 11.6 Å². The van der Waals surface area contributed by atoms with Crippen molar-refractivity contribution in [3.63, 3.8) is 0 Å². The first-order chi connectivity index (χ1) is 16.7. The summed E-state index contributed by atoms with van der Waals surface area (Å²) in [6.07, 6.45) is 2.57. The monoisotopic (exact) mass is 476 g/mol. The Morgan fingerprint density at radius 3 is 2.71 bits per heavy atom. The van der Waals surface area contributed by atoms with Gasteiger partial charge < -0.3 is 25.0 Å². The average molecular weight is 476 g/mol. The van der Waals surface area contributed by atoms with Gasteiger partial charge in [-0.25, -0.2) is 10.6 Å². The molecule has 0 atom stereocenters. The molecule has 11 heteroatoms. The zero-order valence-electron chi connectivity index (χ0n) is 18.5. The molecule has 4 rings (SSSR count). The minimum absolute atomic E-state index is 0.0420. The summed E-state index contributed by atoms with van der Waals surface area (Å²) in [5.74, 6) is 2.63. The third-order valence-electron chi connectivity index (χ3n) is 5.26. The number of carboxylic acid groups (broad SMARTS) is 1. The van der Waals surface area contributed by atoms with Crippen LogP contribution in [0.5, 0.6) is 5.75 Å². The number of hydrazine groups is 1. The van der Waals surface area contributed by atoms with E-state index < -0.39 is 23.5 Å². The van der Waals surface area contributed by atoms with Crippen molar-refractivity contribution >= 4 is 29.2 Å². The fourth-order valence-corrected chi connectivity index (χ4v) is 3.62. The van der Waals surface area contributed by atoms with Gasteiger partial charge >= 0.3 is 11.9 Å². The van der Waals surface area contributed by atoms with Crippen molar-refractivity contribution in [2.45, 2.75) is 13.3 Å². The van der Waals surface area contributed by atoms with Crippen LogP contribution in [0.4, 0.5) is 0 Å². The molecule has 0 aliphatic heterocycles. The summed E-state index contributed by atoms with van der Waals surface area (Å²) in [6.45, 7) is 1.50. The molecule has 5 N–H and O–H groups in total. The highest BCUT2D eigenvalue weighted by Crippen LogP contribution is 2.33. The molecule has 0 bridgehead atoms. The number of carbonyl (C=O) groups is 4. The Labute approximate surface area is 198 Å². The zero-order chi connectivity index (χ0) is 25.3. The summed E-state index contributed by atoms with van der Waals surface area (Å²) in [4.78, 5) is 53.5. The largest absolute Gasteiger partial charge is 0.481 e. The number of pyridine rings is 1. The van der Waals surface area contributed by atoms with Crippen molar-refractivity contribution in [1.82, 2.24) is 9.99 Å². The summed E-state index contributed by atoms with van der Waals surface area (Å²) in [6, 6.07) is 9.21. The number of hydrogen-bond acceptors (Lipinski definition) is 10. The van der Waals surface area contributed by atoms with E-state index in [0.717, 1.165) is 5.01 Å². The van der Waals surface area contributed by atoms with E-state index in [4.69, 9.17) is 25.8 Å². The number of carbonyl (C=O) groups excluding carboxylic acids is 3. The average Bonchev–Trinajstić information content (AvgIpc) is 3.19. The molecule has 178 valence electrons. The Bertz CT molecular complexity index is 1410. The molecule has 0 saturated carbocycles. The number of aliphatic carboxylic acids is 1. The van der Waals surface area contributed by atoms with Crippen LogP contribution in [0.1, 0.15) is 60.3 Å². The van der Waals surface area contributed by atoms with Crippen LogP contribution in [0.15, 0.2) is 53.2 Å². The van der Waals surface area contributed by atoms with Crippen LogP contribution in [0.3, 0.4) is 0 Å². The van der Waals surface area contributed by atoms with Crippen molar-refractivity contribution < 1.29 is 33.4 Å². The molecular weight excluding hydrogens is 456 g/mol. The second kappa shape index (κ2) is 9.23. The van der Waals surface area contributed by atoms with Crippen LogP contribution < -0.4 is 16.3 Å². The van der Waals surface area contributed by atoms with Gasteiger partial charge in [-0.2, -0.15) is 0 Å². The maximum Gasteiger partial charge on any atom is 0.347 e. The lowest BCUT2D eigenvalue weighted by atomic mass is 9.90. The first-order valence-corrected chi connectivity index (χ1v) is 10.4. The third-order valence-corrected chi connectivity index (χ3v) is 5.26. The number of ketones is 2. The molecule has 1 aliphatic carbocycles. The zero-order valence-corrected chi connectivity index (χ0v) is 18.5. The van der Waals surface area contributed by atoms with E-state index in [9.17, 15) is 19.2 Å². The van der Waals surface area contributed by atoms with Gasteiger partial charge in [0.05, 0.1) is 23.2 Å². The number of nitrogens with zero attached hydrogens (tertiary/aromatic N) is 2. The van der Waals surface area contributed by atoms with Crippen LogP contribution in [-0.4, -0.2) is 45.1 Å². The molecule has 1 aliphatic rings. The summed E-state index contributed by atoms with van der Waals surface area (Å²) in [7, 11) is 0. The highest BCUT2D eigenvalue weighted by Gasteiger charge is 2.39. The number of nitrogens with two attached hydrogens (primary N) is 2. The third kappa shape index (κ3) is 4.52. The van der Waals surface area contributed by atoms with E-state index >= 15 is 0 Å². The standard InChI is InChI=1S/C24H20N4O7/c1-12-18(19-22(32)20-15(6-3-8-27-20)21(31)23(19)34-12)24(33)35-14-5-2-4-13(10-14)16(25)11-28(26)9-7-17(29)30/h2-6,8,10-11H,7,9,25-26H2,1H3,(H,29,30)/b16-11-. The molecule has 0 amide bonds. The number of aromatic nitrogens is 1.